The maximum absolute atomic E-state index is 2.64. The molecule has 2 atom stereocenters. The highest BCUT2D eigenvalue weighted by molar-refractivity contribution is 6.10. The smallest absolute Gasteiger partial charge is 0.0663 e. The fraction of sp³-hybridized carbons (Fsp3) is 0.176. The van der Waals surface area contributed by atoms with Crippen molar-refractivity contribution in [2.24, 2.45) is 0 Å². The molecule has 0 saturated carbocycles. The Morgan fingerprint density at radius 3 is 2.50 bits per heavy atom. The summed E-state index contributed by atoms with van der Waals surface area (Å²) in [6, 6.07) is 34.1. The lowest BCUT2D eigenvalue weighted by Crippen LogP contribution is -2.29. The lowest BCUT2D eigenvalue weighted by atomic mass is 9.93. The predicted molar refractivity (Wildman–Crippen MR) is 151 cm³/mol. The SMILES string of the molecule is Cc1ccc2c(c1)C1CC3=C(C=CCC3)C1N2c1ccc2c(c1)c1ccccc1n2-c1ccccc1. The molecule has 8 rings (SSSR count). The Labute approximate surface area is 211 Å². The van der Waals surface area contributed by atoms with Crippen molar-refractivity contribution in [3.05, 3.63) is 125 Å². The van der Waals surface area contributed by atoms with Gasteiger partial charge in [-0.1, -0.05) is 71.8 Å². The van der Waals surface area contributed by atoms with Gasteiger partial charge in [-0.25, -0.2) is 0 Å². The molecular weight excluding hydrogens is 436 g/mol. The summed E-state index contributed by atoms with van der Waals surface area (Å²) in [5.74, 6) is 0.550. The van der Waals surface area contributed by atoms with Crippen molar-refractivity contribution >= 4 is 33.2 Å². The zero-order chi connectivity index (χ0) is 23.8. The van der Waals surface area contributed by atoms with Gasteiger partial charge in [-0.15, -0.1) is 0 Å². The number of anilines is 2. The molecule has 0 radical (unpaired) electrons. The van der Waals surface area contributed by atoms with Crippen molar-refractivity contribution in [2.45, 2.75) is 38.1 Å². The van der Waals surface area contributed by atoms with E-state index in [0.717, 1.165) is 0 Å². The van der Waals surface area contributed by atoms with Crippen LogP contribution in [-0.2, 0) is 0 Å². The molecule has 0 saturated heterocycles. The third-order valence-electron chi connectivity index (χ3n) is 8.55. The molecule has 2 unspecified atom stereocenters. The minimum atomic E-state index is 0.397. The van der Waals surface area contributed by atoms with Gasteiger partial charge < -0.3 is 9.47 Å². The molecule has 1 aliphatic heterocycles. The van der Waals surface area contributed by atoms with E-state index in [-0.39, 0.29) is 0 Å². The number of para-hydroxylation sites is 2. The Morgan fingerprint density at radius 1 is 0.750 bits per heavy atom. The van der Waals surface area contributed by atoms with E-state index in [2.05, 4.69) is 120 Å². The van der Waals surface area contributed by atoms with Gasteiger partial charge in [0, 0.05) is 33.8 Å². The van der Waals surface area contributed by atoms with Crippen LogP contribution in [0, 0.1) is 6.92 Å². The fourth-order valence-corrected chi connectivity index (χ4v) is 7.06. The summed E-state index contributed by atoms with van der Waals surface area (Å²) in [5, 5.41) is 2.62. The largest absolute Gasteiger partial charge is 0.333 e. The third-order valence-corrected chi connectivity index (χ3v) is 8.55. The van der Waals surface area contributed by atoms with Crippen molar-refractivity contribution in [1.29, 1.82) is 0 Å². The van der Waals surface area contributed by atoms with E-state index in [4.69, 9.17) is 0 Å². The van der Waals surface area contributed by atoms with Gasteiger partial charge >= 0.3 is 0 Å². The average Bonchev–Trinajstić information content (AvgIpc) is 3.56. The molecule has 0 fully saturated rings. The molecule has 2 nitrogen and oxygen atoms in total. The number of aryl methyl sites for hydroxylation is 1. The number of allylic oxidation sites excluding steroid dienone is 2. The van der Waals surface area contributed by atoms with Crippen LogP contribution in [0.25, 0.3) is 27.5 Å². The summed E-state index contributed by atoms with van der Waals surface area (Å²) in [6.45, 7) is 2.23. The van der Waals surface area contributed by atoms with Crippen molar-refractivity contribution in [3.63, 3.8) is 0 Å². The standard InChI is InChI=1S/C34H28N2/c1-22-15-17-33-28(19-22)30-20-23-9-5-6-12-26(23)34(30)36(33)25-16-18-32-29(21-25)27-13-7-8-14-31(27)35(32)24-10-3-2-4-11-24/h2-4,6-8,10-19,21,30,34H,5,9,20H2,1H3. The number of hydrogen-bond acceptors (Lipinski definition) is 1. The van der Waals surface area contributed by atoms with Crippen LogP contribution in [-0.4, -0.2) is 10.6 Å². The van der Waals surface area contributed by atoms with Crippen LogP contribution in [0.2, 0.25) is 0 Å². The van der Waals surface area contributed by atoms with Gasteiger partial charge in [-0.2, -0.15) is 0 Å². The maximum Gasteiger partial charge on any atom is 0.0663 e. The fourth-order valence-electron chi connectivity index (χ4n) is 7.06. The van der Waals surface area contributed by atoms with E-state index in [1.807, 2.05) is 0 Å². The number of aromatic nitrogens is 1. The Balaban J connectivity index is 1.37. The first-order valence-corrected chi connectivity index (χ1v) is 13.1. The van der Waals surface area contributed by atoms with Crippen molar-refractivity contribution in [2.75, 3.05) is 4.90 Å². The van der Waals surface area contributed by atoms with Gasteiger partial charge in [0.25, 0.3) is 0 Å². The molecule has 36 heavy (non-hydrogen) atoms. The first-order chi connectivity index (χ1) is 17.8. The van der Waals surface area contributed by atoms with Crippen LogP contribution in [0.1, 0.15) is 36.3 Å². The maximum atomic E-state index is 2.64. The molecule has 1 aromatic heterocycles. The normalized spacial score (nSPS) is 20.3. The zero-order valence-electron chi connectivity index (χ0n) is 20.5. The summed E-state index contributed by atoms with van der Waals surface area (Å²) in [5.41, 5.74) is 12.5. The second-order valence-corrected chi connectivity index (χ2v) is 10.6. The van der Waals surface area contributed by atoms with Gasteiger partial charge in [-0.05, 0) is 79.8 Å². The number of rotatable bonds is 2. The van der Waals surface area contributed by atoms with Crippen LogP contribution < -0.4 is 4.90 Å². The van der Waals surface area contributed by atoms with Crippen LogP contribution in [0.5, 0.6) is 0 Å². The van der Waals surface area contributed by atoms with E-state index >= 15 is 0 Å². The molecule has 3 aliphatic rings. The van der Waals surface area contributed by atoms with Crippen LogP contribution in [0.15, 0.2) is 114 Å². The second-order valence-electron chi connectivity index (χ2n) is 10.6. The van der Waals surface area contributed by atoms with Gasteiger partial charge in [0.05, 0.1) is 17.1 Å². The number of nitrogens with zero attached hydrogens (tertiary/aromatic N) is 2. The predicted octanol–water partition coefficient (Wildman–Crippen LogP) is 8.75. The molecule has 2 heterocycles. The minimum Gasteiger partial charge on any atom is -0.333 e. The Kier molecular flexibility index (Phi) is 4.19. The van der Waals surface area contributed by atoms with Crippen LogP contribution in [0.3, 0.4) is 0 Å². The molecule has 4 aromatic carbocycles. The lowest BCUT2D eigenvalue weighted by molar-refractivity contribution is 0.668. The molecule has 5 aromatic rings. The highest BCUT2D eigenvalue weighted by Gasteiger charge is 2.46. The van der Waals surface area contributed by atoms with Gasteiger partial charge in [0.1, 0.15) is 0 Å². The summed E-state index contributed by atoms with van der Waals surface area (Å²) >= 11 is 0. The Hall–Kier alpha value is -4.04. The summed E-state index contributed by atoms with van der Waals surface area (Å²) in [7, 11) is 0. The van der Waals surface area contributed by atoms with Gasteiger partial charge in [0.2, 0.25) is 0 Å². The van der Waals surface area contributed by atoms with Crippen molar-refractivity contribution < 1.29 is 0 Å². The highest BCUT2D eigenvalue weighted by Crippen LogP contribution is 2.56. The minimum absolute atomic E-state index is 0.397. The van der Waals surface area contributed by atoms with E-state index in [1.54, 1.807) is 11.1 Å². The third kappa shape index (κ3) is 2.73. The molecule has 0 bridgehead atoms. The first-order valence-electron chi connectivity index (χ1n) is 13.1. The topological polar surface area (TPSA) is 8.17 Å². The van der Waals surface area contributed by atoms with Crippen molar-refractivity contribution in [1.82, 2.24) is 4.57 Å². The zero-order valence-corrected chi connectivity index (χ0v) is 20.5. The quantitative estimate of drug-likeness (QED) is 0.253. The van der Waals surface area contributed by atoms with Gasteiger partial charge in [-0.3, -0.25) is 0 Å². The van der Waals surface area contributed by atoms with Crippen LogP contribution >= 0.6 is 0 Å². The molecule has 0 N–H and O–H groups in total. The van der Waals surface area contributed by atoms with Crippen molar-refractivity contribution in [3.8, 4) is 5.69 Å². The van der Waals surface area contributed by atoms with E-state index in [9.17, 15) is 0 Å². The molecule has 0 amide bonds. The van der Waals surface area contributed by atoms with Gasteiger partial charge in [0.15, 0.2) is 0 Å². The average molecular weight is 465 g/mol. The first kappa shape index (κ1) is 20.2. The summed E-state index contributed by atoms with van der Waals surface area (Å²) in [4.78, 5) is 2.64. The number of hydrogen-bond donors (Lipinski definition) is 0. The second kappa shape index (κ2) is 7.48. The highest BCUT2D eigenvalue weighted by atomic mass is 15.2. The molecular formula is C34H28N2. The number of fused-ring (bicyclic) bond motifs is 7. The van der Waals surface area contributed by atoms with E-state index < -0.39 is 0 Å². The molecule has 0 spiro atoms. The molecule has 2 heteroatoms. The summed E-state index contributed by atoms with van der Waals surface area (Å²) < 4.78 is 2.40. The molecule has 174 valence electrons. The van der Waals surface area contributed by atoms with E-state index in [1.165, 1.54) is 69.3 Å². The summed E-state index contributed by atoms with van der Waals surface area (Å²) in [6.07, 6.45) is 8.41. The monoisotopic (exact) mass is 464 g/mol. The van der Waals surface area contributed by atoms with Crippen LogP contribution in [0.4, 0.5) is 11.4 Å². The molecule has 2 aliphatic carbocycles. The van der Waals surface area contributed by atoms with E-state index in [0.29, 0.717) is 12.0 Å². The Bertz CT molecular complexity index is 1730. The lowest BCUT2D eigenvalue weighted by Gasteiger charge is -2.29. The Morgan fingerprint density at radius 2 is 1.58 bits per heavy atom. The number of benzene rings is 4.